The topological polar surface area (TPSA) is 90.3 Å². The third-order valence-electron chi connectivity index (χ3n) is 3.69. The van der Waals surface area contributed by atoms with E-state index in [0.717, 1.165) is 4.47 Å². The van der Waals surface area contributed by atoms with Gasteiger partial charge in [0, 0.05) is 10.5 Å². The van der Waals surface area contributed by atoms with Crippen molar-refractivity contribution in [2.75, 3.05) is 11.8 Å². The van der Waals surface area contributed by atoms with Gasteiger partial charge in [-0.2, -0.15) is 5.10 Å². The summed E-state index contributed by atoms with van der Waals surface area (Å²) in [6, 6.07) is 14.6. The second-order valence-corrected chi connectivity index (χ2v) is 8.29. The standard InChI is InChI=1S/C18H16BrN3O4S/c1-12-9-17(22(20-12)15-7-4-6-14(19)11-15)21-27(24,25)16-8-3-5-13(10-16)18(23)26-2/h3-11,21H,1-2H3. The van der Waals surface area contributed by atoms with Crippen LogP contribution < -0.4 is 4.72 Å². The number of methoxy groups -OCH3 is 1. The first kappa shape index (κ1) is 19.1. The third-order valence-corrected chi connectivity index (χ3v) is 5.53. The average Bonchev–Trinajstić information content (AvgIpc) is 3.00. The van der Waals surface area contributed by atoms with Crippen LogP contribution in [0.2, 0.25) is 0 Å². The molecule has 0 radical (unpaired) electrons. The number of ether oxygens (including phenoxy) is 1. The van der Waals surface area contributed by atoms with E-state index in [1.54, 1.807) is 13.0 Å². The highest BCUT2D eigenvalue weighted by Gasteiger charge is 2.20. The van der Waals surface area contributed by atoms with Crippen LogP contribution in [0.4, 0.5) is 5.82 Å². The Morgan fingerprint density at radius 3 is 2.59 bits per heavy atom. The molecule has 7 nitrogen and oxygen atoms in total. The van der Waals surface area contributed by atoms with Gasteiger partial charge in [0.25, 0.3) is 10.0 Å². The SMILES string of the molecule is COC(=O)c1cccc(S(=O)(=O)Nc2cc(C)nn2-c2cccc(Br)c2)c1. The highest BCUT2D eigenvalue weighted by Crippen LogP contribution is 2.23. The maximum atomic E-state index is 12.8. The predicted octanol–water partition coefficient (Wildman–Crippen LogP) is 3.53. The summed E-state index contributed by atoms with van der Waals surface area (Å²) in [7, 11) is -2.70. The molecule has 0 saturated heterocycles. The number of anilines is 1. The highest BCUT2D eigenvalue weighted by atomic mass is 79.9. The van der Waals surface area contributed by atoms with Crippen molar-refractivity contribution in [3.63, 3.8) is 0 Å². The Morgan fingerprint density at radius 1 is 1.15 bits per heavy atom. The summed E-state index contributed by atoms with van der Waals surface area (Å²) < 4.78 is 35.1. The molecular weight excluding hydrogens is 434 g/mol. The molecule has 0 aliphatic carbocycles. The van der Waals surface area contributed by atoms with Gasteiger partial charge in [-0.15, -0.1) is 0 Å². The summed E-state index contributed by atoms with van der Waals surface area (Å²) in [4.78, 5) is 11.6. The van der Waals surface area contributed by atoms with E-state index in [1.807, 2.05) is 24.3 Å². The molecule has 3 rings (SSSR count). The van der Waals surface area contributed by atoms with Gasteiger partial charge in [-0.05, 0) is 43.3 Å². The van der Waals surface area contributed by atoms with Gasteiger partial charge in [0.1, 0.15) is 5.82 Å². The van der Waals surface area contributed by atoms with E-state index in [-0.39, 0.29) is 16.3 Å². The Balaban J connectivity index is 1.99. The Labute approximate surface area is 165 Å². The van der Waals surface area contributed by atoms with Crippen LogP contribution in [0.3, 0.4) is 0 Å². The molecule has 0 bridgehead atoms. The van der Waals surface area contributed by atoms with Crippen LogP contribution in [0, 0.1) is 6.92 Å². The zero-order chi connectivity index (χ0) is 19.6. The molecule has 0 aliphatic rings. The van der Waals surface area contributed by atoms with Crippen LogP contribution in [-0.4, -0.2) is 31.3 Å². The van der Waals surface area contributed by atoms with Crippen LogP contribution >= 0.6 is 15.9 Å². The van der Waals surface area contributed by atoms with Gasteiger partial charge in [0.15, 0.2) is 0 Å². The average molecular weight is 450 g/mol. The highest BCUT2D eigenvalue weighted by molar-refractivity contribution is 9.10. The van der Waals surface area contributed by atoms with E-state index < -0.39 is 16.0 Å². The molecule has 1 N–H and O–H groups in total. The number of nitrogens with one attached hydrogen (secondary N) is 1. The molecular formula is C18H16BrN3O4S. The van der Waals surface area contributed by atoms with Gasteiger partial charge in [0.05, 0.1) is 29.0 Å². The lowest BCUT2D eigenvalue weighted by atomic mass is 10.2. The number of benzene rings is 2. The maximum Gasteiger partial charge on any atom is 0.337 e. The van der Waals surface area contributed by atoms with E-state index >= 15 is 0 Å². The summed E-state index contributed by atoms with van der Waals surface area (Å²) >= 11 is 3.39. The minimum absolute atomic E-state index is 0.0509. The fourth-order valence-corrected chi connectivity index (χ4v) is 3.95. The fraction of sp³-hybridized carbons (Fsp3) is 0.111. The zero-order valence-corrected chi connectivity index (χ0v) is 16.9. The third kappa shape index (κ3) is 4.20. The molecule has 27 heavy (non-hydrogen) atoms. The van der Waals surface area contributed by atoms with Crippen LogP contribution in [0.1, 0.15) is 16.1 Å². The number of esters is 1. The summed E-state index contributed by atoms with van der Waals surface area (Å²) in [6.07, 6.45) is 0. The second-order valence-electron chi connectivity index (χ2n) is 5.69. The molecule has 1 heterocycles. The number of hydrogen-bond acceptors (Lipinski definition) is 5. The Kier molecular flexibility index (Phi) is 5.33. The Hall–Kier alpha value is -2.65. The Bertz CT molecular complexity index is 1110. The lowest BCUT2D eigenvalue weighted by molar-refractivity contribution is 0.0600. The van der Waals surface area contributed by atoms with Crippen molar-refractivity contribution in [3.8, 4) is 5.69 Å². The van der Waals surface area contributed by atoms with Gasteiger partial charge in [-0.1, -0.05) is 28.1 Å². The van der Waals surface area contributed by atoms with Crippen molar-refractivity contribution >= 4 is 37.7 Å². The molecule has 1 aromatic heterocycles. The normalized spacial score (nSPS) is 11.2. The van der Waals surface area contributed by atoms with E-state index in [0.29, 0.717) is 11.4 Å². The van der Waals surface area contributed by atoms with Gasteiger partial charge >= 0.3 is 5.97 Å². The minimum atomic E-state index is -3.94. The summed E-state index contributed by atoms with van der Waals surface area (Å²) in [5.74, 6) is -0.323. The molecule has 9 heteroatoms. The number of carbonyl (C=O) groups excluding carboxylic acids is 1. The van der Waals surface area contributed by atoms with Crippen molar-refractivity contribution in [1.82, 2.24) is 9.78 Å². The molecule has 140 valence electrons. The lowest BCUT2D eigenvalue weighted by Crippen LogP contribution is -2.16. The van der Waals surface area contributed by atoms with Gasteiger partial charge in [-0.25, -0.2) is 17.9 Å². The fourth-order valence-electron chi connectivity index (χ4n) is 2.48. The number of carbonyl (C=O) groups is 1. The quantitative estimate of drug-likeness (QED) is 0.601. The number of rotatable bonds is 5. The van der Waals surface area contributed by atoms with E-state index in [2.05, 4.69) is 30.5 Å². The number of hydrogen-bond donors (Lipinski definition) is 1. The van der Waals surface area contributed by atoms with Crippen molar-refractivity contribution < 1.29 is 17.9 Å². The van der Waals surface area contributed by atoms with Crippen molar-refractivity contribution in [3.05, 3.63) is 70.3 Å². The smallest absolute Gasteiger partial charge is 0.337 e. The molecule has 0 amide bonds. The largest absolute Gasteiger partial charge is 0.465 e. The van der Waals surface area contributed by atoms with Gasteiger partial charge < -0.3 is 4.74 Å². The van der Waals surface area contributed by atoms with Crippen molar-refractivity contribution in [2.24, 2.45) is 0 Å². The number of sulfonamides is 1. The van der Waals surface area contributed by atoms with E-state index in [4.69, 9.17) is 0 Å². The molecule has 0 unspecified atom stereocenters. The zero-order valence-electron chi connectivity index (χ0n) is 14.5. The minimum Gasteiger partial charge on any atom is -0.465 e. The molecule has 0 fully saturated rings. The molecule has 0 atom stereocenters. The van der Waals surface area contributed by atoms with E-state index in [1.165, 1.54) is 36.1 Å². The summed E-state index contributed by atoms with van der Waals surface area (Å²) in [5, 5.41) is 4.35. The van der Waals surface area contributed by atoms with Crippen LogP contribution in [0.15, 0.2) is 64.0 Å². The molecule has 0 spiro atoms. The maximum absolute atomic E-state index is 12.8. The number of aryl methyl sites for hydroxylation is 1. The monoisotopic (exact) mass is 449 g/mol. The summed E-state index contributed by atoms with van der Waals surface area (Å²) in [6.45, 7) is 1.77. The van der Waals surface area contributed by atoms with Crippen molar-refractivity contribution in [2.45, 2.75) is 11.8 Å². The first-order chi connectivity index (χ1) is 12.8. The van der Waals surface area contributed by atoms with Crippen LogP contribution in [0.5, 0.6) is 0 Å². The predicted molar refractivity (Wildman–Crippen MR) is 105 cm³/mol. The van der Waals surface area contributed by atoms with Crippen molar-refractivity contribution in [1.29, 1.82) is 0 Å². The lowest BCUT2D eigenvalue weighted by Gasteiger charge is -2.11. The number of halogens is 1. The summed E-state index contributed by atoms with van der Waals surface area (Å²) in [5.41, 5.74) is 1.49. The van der Waals surface area contributed by atoms with Gasteiger partial charge in [-0.3, -0.25) is 4.72 Å². The molecule has 3 aromatic rings. The van der Waals surface area contributed by atoms with E-state index in [9.17, 15) is 13.2 Å². The number of nitrogens with zero attached hydrogens (tertiary/aromatic N) is 2. The second kappa shape index (κ2) is 7.53. The molecule has 2 aromatic carbocycles. The Morgan fingerprint density at radius 2 is 1.89 bits per heavy atom. The first-order valence-electron chi connectivity index (χ1n) is 7.84. The number of aromatic nitrogens is 2. The van der Waals surface area contributed by atoms with Crippen LogP contribution in [-0.2, 0) is 14.8 Å². The van der Waals surface area contributed by atoms with Crippen LogP contribution in [0.25, 0.3) is 5.69 Å². The molecule has 0 aliphatic heterocycles. The molecule has 0 saturated carbocycles. The van der Waals surface area contributed by atoms with Gasteiger partial charge in [0.2, 0.25) is 0 Å². The first-order valence-corrected chi connectivity index (χ1v) is 10.1.